The quantitative estimate of drug-likeness (QED) is 0.665. The van der Waals surface area contributed by atoms with Gasteiger partial charge in [-0.05, 0) is 32.9 Å². The van der Waals surface area contributed by atoms with Gasteiger partial charge in [0.15, 0.2) is 5.13 Å². The van der Waals surface area contributed by atoms with Crippen LogP contribution in [0.4, 0.5) is 5.13 Å². The van der Waals surface area contributed by atoms with Crippen LogP contribution in [0.15, 0.2) is 18.2 Å². The van der Waals surface area contributed by atoms with Gasteiger partial charge in [0.1, 0.15) is 16.1 Å². The van der Waals surface area contributed by atoms with Crippen molar-refractivity contribution in [3.63, 3.8) is 0 Å². The Morgan fingerprint density at radius 3 is 2.59 bits per heavy atom. The number of ether oxygens (including phenoxy) is 1. The molecule has 0 aliphatic carbocycles. The van der Waals surface area contributed by atoms with Crippen LogP contribution >= 0.6 is 22.7 Å². The molecule has 0 spiro atoms. The van der Waals surface area contributed by atoms with E-state index in [0.29, 0.717) is 19.7 Å². The normalized spacial score (nSPS) is 14.8. The highest BCUT2D eigenvalue weighted by molar-refractivity contribution is 7.22. The van der Waals surface area contributed by atoms with Crippen molar-refractivity contribution in [1.82, 2.24) is 14.9 Å². The molecule has 1 fully saturated rings. The Balaban J connectivity index is 1.48. The molecule has 0 radical (unpaired) electrons. The highest BCUT2D eigenvalue weighted by Gasteiger charge is 2.26. The summed E-state index contributed by atoms with van der Waals surface area (Å²) < 4.78 is 6.83. The molecule has 6 nitrogen and oxygen atoms in total. The number of hydrogen-bond donors (Lipinski definition) is 0. The maximum atomic E-state index is 12.8. The number of para-hydroxylation sites is 1. The molecule has 1 aromatic carbocycles. The molecule has 1 aliphatic rings. The van der Waals surface area contributed by atoms with E-state index in [0.717, 1.165) is 49.8 Å². The Hall–Kier alpha value is -2.19. The van der Waals surface area contributed by atoms with Gasteiger partial charge in [-0.1, -0.05) is 17.4 Å². The third kappa shape index (κ3) is 3.51. The van der Waals surface area contributed by atoms with Crippen molar-refractivity contribution in [2.75, 3.05) is 37.7 Å². The number of nitrogens with zero attached hydrogens (tertiary/aromatic N) is 4. The highest BCUT2D eigenvalue weighted by atomic mass is 32.1. The molecule has 0 saturated carbocycles. The summed E-state index contributed by atoms with van der Waals surface area (Å²) in [7, 11) is 0. The topological polar surface area (TPSA) is 58.6 Å². The van der Waals surface area contributed by atoms with E-state index in [-0.39, 0.29) is 5.91 Å². The largest absolute Gasteiger partial charge is 0.492 e. The van der Waals surface area contributed by atoms with E-state index in [9.17, 15) is 4.79 Å². The molecular formula is C19H22N4O2S2. The Kier molecular flexibility index (Phi) is 5.01. The maximum absolute atomic E-state index is 12.8. The zero-order chi connectivity index (χ0) is 19.0. The molecule has 142 valence electrons. The molecular weight excluding hydrogens is 380 g/mol. The zero-order valence-corrected chi connectivity index (χ0v) is 17.3. The summed E-state index contributed by atoms with van der Waals surface area (Å²) in [6, 6.07) is 6.05. The van der Waals surface area contributed by atoms with Gasteiger partial charge in [0.05, 0.1) is 22.0 Å². The van der Waals surface area contributed by atoms with Crippen LogP contribution in [0.2, 0.25) is 0 Å². The molecule has 0 unspecified atom stereocenters. The third-order valence-electron chi connectivity index (χ3n) is 4.61. The van der Waals surface area contributed by atoms with E-state index in [2.05, 4.69) is 16.0 Å². The number of anilines is 1. The van der Waals surface area contributed by atoms with E-state index in [1.54, 1.807) is 11.3 Å². The van der Waals surface area contributed by atoms with Crippen molar-refractivity contribution in [2.45, 2.75) is 20.8 Å². The molecule has 8 heteroatoms. The minimum absolute atomic E-state index is 0.0979. The summed E-state index contributed by atoms with van der Waals surface area (Å²) in [6.45, 7) is 9.42. The molecule has 4 rings (SSSR count). The monoisotopic (exact) mass is 402 g/mol. The second kappa shape index (κ2) is 7.44. The molecule has 3 heterocycles. The van der Waals surface area contributed by atoms with Crippen molar-refractivity contribution >= 4 is 43.9 Å². The van der Waals surface area contributed by atoms with Gasteiger partial charge in [0.25, 0.3) is 5.91 Å². The van der Waals surface area contributed by atoms with Gasteiger partial charge in [-0.3, -0.25) is 4.79 Å². The summed E-state index contributed by atoms with van der Waals surface area (Å²) in [5.41, 5.74) is 1.76. The van der Waals surface area contributed by atoms with Gasteiger partial charge in [-0.2, -0.15) is 0 Å². The average Bonchev–Trinajstić information content (AvgIpc) is 3.25. The maximum Gasteiger partial charge on any atom is 0.265 e. The number of piperazine rings is 1. The molecule has 3 aromatic rings. The predicted octanol–water partition coefficient (Wildman–Crippen LogP) is 3.73. The average molecular weight is 403 g/mol. The first-order valence-electron chi connectivity index (χ1n) is 9.07. The molecule has 0 bridgehead atoms. The fourth-order valence-corrected chi connectivity index (χ4v) is 5.22. The summed E-state index contributed by atoms with van der Waals surface area (Å²) in [4.78, 5) is 26.9. The third-order valence-corrected chi connectivity index (χ3v) is 6.75. The smallest absolute Gasteiger partial charge is 0.265 e. The number of rotatable bonds is 4. The van der Waals surface area contributed by atoms with Gasteiger partial charge in [0, 0.05) is 26.2 Å². The Bertz CT molecular complexity index is 973. The van der Waals surface area contributed by atoms with Crippen molar-refractivity contribution in [2.24, 2.45) is 0 Å². The summed E-state index contributed by atoms with van der Waals surface area (Å²) in [5, 5.41) is 1.93. The van der Waals surface area contributed by atoms with Crippen LogP contribution in [0.5, 0.6) is 5.75 Å². The van der Waals surface area contributed by atoms with Crippen LogP contribution in [-0.4, -0.2) is 53.6 Å². The number of carbonyl (C=O) groups excluding carboxylic acids is 1. The molecule has 2 aromatic heterocycles. The standard InChI is InChI=1S/C19H22N4O2S2/c1-4-25-14-6-5-7-15-16(14)21-19(27-15)23-10-8-22(9-11-23)18(24)17-12(2)20-13(3)26-17/h5-7H,4,8-11H2,1-3H3. The lowest BCUT2D eigenvalue weighted by molar-refractivity contribution is 0.0750. The Labute approximate surface area is 166 Å². The summed E-state index contributed by atoms with van der Waals surface area (Å²) in [6.07, 6.45) is 0. The second-order valence-electron chi connectivity index (χ2n) is 6.46. The number of benzene rings is 1. The van der Waals surface area contributed by atoms with Crippen LogP contribution in [0.25, 0.3) is 10.2 Å². The van der Waals surface area contributed by atoms with E-state index in [1.807, 2.05) is 37.8 Å². The second-order valence-corrected chi connectivity index (χ2v) is 8.67. The van der Waals surface area contributed by atoms with Crippen molar-refractivity contribution in [1.29, 1.82) is 0 Å². The summed E-state index contributed by atoms with van der Waals surface area (Å²) in [5.74, 6) is 0.933. The lowest BCUT2D eigenvalue weighted by Gasteiger charge is -2.34. The highest BCUT2D eigenvalue weighted by Crippen LogP contribution is 2.34. The molecule has 1 saturated heterocycles. The first kappa shape index (κ1) is 18.2. The fourth-order valence-electron chi connectivity index (χ4n) is 3.29. The fraction of sp³-hybridized carbons (Fsp3) is 0.421. The number of thiazole rings is 2. The lowest BCUT2D eigenvalue weighted by Crippen LogP contribution is -2.48. The first-order chi connectivity index (χ1) is 13.1. The number of carbonyl (C=O) groups is 1. The van der Waals surface area contributed by atoms with E-state index in [4.69, 9.17) is 9.72 Å². The number of amides is 1. The van der Waals surface area contributed by atoms with Gasteiger partial charge in [0.2, 0.25) is 0 Å². The van der Waals surface area contributed by atoms with Crippen molar-refractivity contribution in [3.05, 3.63) is 33.8 Å². The van der Waals surface area contributed by atoms with E-state index in [1.165, 1.54) is 11.3 Å². The Morgan fingerprint density at radius 2 is 1.93 bits per heavy atom. The van der Waals surface area contributed by atoms with Crippen LogP contribution in [-0.2, 0) is 0 Å². The molecule has 1 amide bonds. The minimum Gasteiger partial charge on any atom is -0.492 e. The first-order valence-corrected chi connectivity index (χ1v) is 10.7. The number of aryl methyl sites for hydroxylation is 2. The van der Waals surface area contributed by atoms with E-state index >= 15 is 0 Å². The van der Waals surface area contributed by atoms with Crippen molar-refractivity contribution in [3.8, 4) is 5.75 Å². The van der Waals surface area contributed by atoms with Gasteiger partial charge >= 0.3 is 0 Å². The predicted molar refractivity (Wildman–Crippen MR) is 110 cm³/mol. The van der Waals surface area contributed by atoms with Crippen LogP contribution in [0.1, 0.15) is 27.3 Å². The Morgan fingerprint density at radius 1 is 1.15 bits per heavy atom. The zero-order valence-electron chi connectivity index (χ0n) is 15.7. The molecule has 1 aliphatic heterocycles. The summed E-state index contributed by atoms with van der Waals surface area (Å²) >= 11 is 3.16. The van der Waals surface area contributed by atoms with Crippen LogP contribution in [0.3, 0.4) is 0 Å². The lowest BCUT2D eigenvalue weighted by atomic mass is 10.3. The number of aromatic nitrogens is 2. The van der Waals surface area contributed by atoms with Crippen LogP contribution < -0.4 is 9.64 Å². The number of hydrogen-bond acceptors (Lipinski definition) is 7. The van der Waals surface area contributed by atoms with Crippen LogP contribution in [0, 0.1) is 13.8 Å². The van der Waals surface area contributed by atoms with E-state index < -0.39 is 0 Å². The number of fused-ring (bicyclic) bond motifs is 1. The van der Waals surface area contributed by atoms with Gasteiger partial charge in [-0.25, -0.2) is 9.97 Å². The molecule has 0 N–H and O–H groups in total. The molecule has 0 atom stereocenters. The molecule has 27 heavy (non-hydrogen) atoms. The SMILES string of the molecule is CCOc1cccc2sc(N3CCN(C(=O)c4sc(C)nc4C)CC3)nc12. The van der Waals surface area contributed by atoms with Gasteiger partial charge in [-0.15, -0.1) is 11.3 Å². The van der Waals surface area contributed by atoms with Gasteiger partial charge < -0.3 is 14.5 Å². The van der Waals surface area contributed by atoms with Crippen molar-refractivity contribution < 1.29 is 9.53 Å². The minimum atomic E-state index is 0.0979.